The van der Waals surface area contributed by atoms with Crippen molar-refractivity contribution in [2.45, 2.75) is 39.6 Å². The average molecular weight is 230 g/mol. The van der Waals surface area contributed by atoms with Gasteiger partial charge >= 0.3 is 0 Å². The van der Waals surface area contributed by atoms with E-state index in [0.29, 0.717) is 26.2 Å². The molecule has 1 N–H and O–H groups in total. The first-order valence-electron chi connectivity index (χ1n) is 5.65. The molecular formula is C12H22O4. The van der Waals surface area contributed by atoms with Gasteiger partial charge in [0.25, 0.3) is 0 Å². The lowest BCUT2D eigenvalue weighted by Gasteiger charge is -2.19. The maximum Gasteiger partial charge on any atom is 0.180 e. The van der Waals surface area contributed by atoms with E-state index in [1.807, 2.05) is 20.8 Å². The van der Waals surface area contributed by atoms with Gasteiger partial charge in [0.1, 0.15) is 6.61 Å². The summed E-state index contributed by atoms with van der Waals surface area (Å²) in [4.78, 5) is 0. The number of ether oxygens (including phenoxy) is 3. The van der Waals surface area contributed by atoms with Crippen molar-refractivity contribution in [2.24, 2.45) is 0 Å². The molecule has 0 radical (unpaired) electrons. The van der Waals surface area contributed by atoms with Crippen molar-refractivity contribution in [3.8, 4) is 11.8 Å². The minimum Gasteiger partial charge on any atom is -0.384 e. The fourth-order valence-corrected chi connectivity index (χ4v) is 1.09. The first kappa shape index (κ1) is 15.4. The first-order chi connectivity index (χ1) is 7.74. The Morgan fingerprint density at radius 1 is 1.06 bits per heavy atom. The maximum atomic E-state index is 8.48. The first-order valence-corrected chi connectivity index (χ1v) is 5.65. The number of aliphatic hydroxyl groups excluding tert-OH is 1. The molecule has 0 aliphatic rings. The molecule has 0 bridgehead atoms. The van der Waals surface area contributed by atoms with Gasteiger partial charge in [0.2, 0.25) is 0 Å². The van der Waals surface area contributed by atoms with Crippen LogP contribution in [0.2, 0.25) is 0 Å². The molecule has 0 aromatic heterocycles. The number of hydrogen-bond donors (Lipinski definition) is 1. The molecule has 0 aliphatic heterocycles. The van der Waals surface area contributed by atoms with E-state index in [2.05, 4.69) is 11.8 Å². The van der Waals surface area contributed by atoms with Crippen molar-refractivity contribution in [1.29, 1.82) is 0 Å². The van der Waals surface area contributed by atoms with Gasteiger partial charge < -0.3 is 19.3 Å². The smallest absolute Gasteiger partial charge is 0.180 e. The Labute approximate surface area is 97.9 Å². The summed E-state index contributed by atoms with van der Waals surface area (Å²) in [5.74, 6) is 5.40. The zero-order chi connectivity index (χ0) is 12.2. The van der Waals surface area contributed by atoms with Crippen LogP contribution in [0, 0.1) is 11.8 Å². The van der Waals surface area contributed by atoms with Crippen LogP contribution in [0.3, 0.4) is 0 Å². The van der Waals surface area contributed by atoms with Gasteiger partial charge in [-0.1, -0.05) is 11.8 Å². The van der Waals surface area contributed by atoms with Crippen molar-refractivity contribution < 1.29 is 19.3 Å². The fourth-order valence-electron chi connectivity index (χ4n) is 1.09. The maximum absolute atomic E-state index is 8.48. The lowest BCUT2D eigenvalue weighted by atomic mass is 10.3. The standard InChI is InChI=1S/C12H22O4/c1-4-14-12(15-5-2)10-16-11(3)8-6-7-9-13/h11-13H,4-5,8-10H2,1-3H3. The van der Waals surface area contributed by atoms with Crippen LogP contribution in [0.25, 0.3) is 0 Å². The van der Waals surface area contributed by atoms with Crippen LogP contribution in [0.1, 0.15) is 27.2 Å². The summed E-state index contributed by atoms with van der Waals surface area (Å²) in [6, 6.07) is 0. The van der Waals surface area contributed by atoms with Gasteiger partial charge in [0.05, 0.1) is 12.7 Å². The summed E-state index contributed by atoms with van der Waals surface area (Å²) in [5, 5.41) is 8.48. The second-order valence-electron chi connectivity index (χ2n) is 3.20. The minimum absolute atomic E-state index is 0.0162. The van der Waals surface area contributed by atoms with E-state index in [-0.39, 0.29) is 19.0 Å². The molecule has 0 heterocycles. The normalized spacial score (nSPS) is 12.3. The minimum atomic E-state index is -0.303. The lowest BCUT2D eigenvalue weighted by Crippen LogP contribution is -2.26. The summed E-state index contributed by atoms with van der Waals surface area (Å²) in [6.45, 7) is 7.28. The summed E-state index contributed by atoms with van der Waals surface area (Å²) < 4.78 is 16.2. The highest BCUT2D eigenvalue weighted by Crippen LogP contribution is 2.01. The van der Waals surface area contributed by atoms with E-state index in [1.54, 1.807) is 0 Å². The molecule has 0 fully saturated rings. The molecule has 0 spiro atoms. The lowest BCUT2D eigenvalue weighted by molar-refractivity contribution is -0.174. The molecule has 4 nitrogen and oxygen atoms in total. The fraction of sp³-hybridized carbons (Fsp3) is 0.833. The van der Waals surface area contributed by atoms with Crippen molar-refractivity contribution in [3.05, 3.63) is 0 Å². The van der Waals surface area contributed by atoms with Crippen LogP contribution in [-0.4, -0.2) is 43.9 Å². The van der Waals surface area contributed by atoms with Crippen molar-refractivity contribution in [2.75, 3.05) is 26.4 Å². The Balaban J connectivity index is 3.72. The summed E-state index contributed by atoms with van der Waals surface area (Å²) in [5.41, 5.74) is 0. The summed E-state index contributed by atoms with van der Waals surface area (Å²) in [7, 11) is 0. The Morgan fingerprint density at radius 3 is 2.19 bits per heavy atom. The van der Waals surface area contributed by atoms with Gasteiger partial charge in [-0.25, -0.2) is 0 Å². The van der Waals surface area contributed by atoms with Crippen molar-refractivity contribution in [3.63, 3.8) is 0 Å². The van der Waals surface area contributed by atoms with E-state index >= 15 is 0 Å². The highest BCUT2D eigenvalue weighted by atomic mass is 16.7. The molecule has 1 atom stereocenters. The van der Waals surface area contributed by atoms with E-state index in [9.17, 15) is 0 Å². The second kappa shape index (κ2) is 10.9. The molecule has 94 valence electrons. The third-order valence-electron chi connectivity index (χ3n) is 1.82. The van der Waals surface area contributed by atoms with Gasteiger partial charge in [-0.2, -0.15) is 0 Å². The van der Waals surface area contributed by atoms with Gasteiger partial charge in [0, 0.05) is 19.6 Å². The molecule has 0 aromatic rings. The summed E-state index contributed by atoms with van der Waals surface area (Å²) >= 11 is 0. The Kier molecular flexibility index (Phi) is 10.5. The number of hydrogen-bond acceptors (Lipinski definition) is 4. The Hall–Kier alpha value is -0.600. The monoisotopic (exact) mass is 230 g/mol. The molecule has 0 amide bonds. The third-order valence-corrected chi connectivity index (χ3v) is 1.82. The van der Waals surface area contributed by atoms with Crippen LogP contribution in [-0.2, 0) is 14.2 Å². The number of aliphatic hydroxyl groups is 1. The zero-order valence-electron chi connectivity index (χ0n) is 10.4. The van der Waals surface area contributed by atoms with Crippen molar-refractivity contribution >= 4 is 0 Å². The van der Waals surface area contributed by atoms with E-state index < -0.39 is 0 Å². The van der Waals surface area contributed by atoms with Gasteiger partial charge in [-0.15, -0.1) is 0 Å². The highest BCUT2D eigenvalue weighted by molar-refractivity contribution is 4.99. The molecule has 16 heavy (non-hydrogen) atoms. The Bertz CT molecular complexity index is 201. The van der Waals surface area contributed by atoms with Crippen LogP contribution in [0.4, 0.5) is 0 Å². The van der Waals surface area contributed by atoms with E-state index in [4.69, 9.17) is 19.3 Å². The molecule has 4 heteroatoms. The third kappa shape index (κ3) is 8.69. The van der Waals surface area contributed by atoms with Crippen LogP contribution in [0.15, 0.2) is 0 Å². The molecule has 0 saturated heterocycles. The SMILES string of the molecule is CCOC(COC(C)CC#CCO)OCC. The van der Waals surface area contributed by atoms with Gasteiger partial charge in [-0.3, -0.25) is 0 Å². The van der Waals surface area contributed by atoms with Crippen LogP contribution >= 0.6 is 0 Å². The van der Waals surface area contributed by atoms with E-state index in [0.717, 1.165) is 0 Å². The Morgan fingerprint density at radius 2 is 1.69 bits per heavy atom. The van der Waals surface area contributed by atoms with Gasteiger partial charge in [-0.05, 0) is 20.8 Å². The molecule has 0 aromatic carbocycles. The molecule has 1 unspecified atom stereocenters. The molecule has 0 rings (SSSR count). The topological polar surface area (TPSA) is 47.9 Å². The van der Waals surface area contributed by atoms with Crippen LogP contribution in [0.5, 0.6) is 0 Å². The quantitative estimate of drug-likeness (QED) is 0.502. The molecule has 0 aliphatic carbocycles. The average Bonchev–Trinajstić information content (AvgIpc) is 2.27. The van der Waals surface area contributed by atoms with Crippen molar-refractivity contribution in [1.82, 2.24) is 0 Å². The van der Waals surface area contributed by atoms with Gasteiger partial charge in [0.15, 0.2) is 6.29 Å². The molecule has 0 saturated carbocycles. The van der Waals surface area contributed by atoms with E-state index in [1.165, 1.54) is 0 Å². The summed E-state index contributed by atoms with van der Waals surface area (Å²) in [6.07, 6.45) is 0.316. The molecular weight excluding hydrogens is 208 g/mol. The predicted molar refractivity (Wildman–Crippen MR) is 61.9 cm³/mol. The largest absolute Gasteiger partial charge is 0.384 e. The predicted octanol–water partition coefficient (Wildman–Crippen LogP) is 1.18. The zero-order valence-corrected chi connectivity index (χ0v) is 10.4. The number of rotatable bonds is 8. The van der Waals surface area contributed by atoms with Crippen LogP contribution < -0.4 is 0 Å². The highest BCUT2D eigenvalue weighted by Gasteiger charge is 2.10. The second-order valence-corrected chi connectivity index (χ2v) is 3.20.